The predicted molar refractivity (Wildman–Crippen MR) is 59.8 cm³/mol. The minimum Gasteiger partial charge on any atom is -0.481 e. The van der Waals surface area contributed by atoms with E-state index < -0.39 is 11.4 Å². The third-order valence-electron chi connectivity index (χ3n) is 3.52. The van der Waals surface area contributed by atoms with Crippen molar-refractivity contribution in [3.8, 4) is 0 Å². The zero-order chi connectivity index (χ0) is 12.3. The summed E-state index contributed by atoms with van der Waals surface area (Å²) >= 11 is 0. The van der Waals surface area contributed by atoms with Gasteiger partial charge in [-0.2, -0.15) is 0 Å². The molecule has 5 nitrogen and oxygen atoms in total. The predicted octanol–water partition coefficient (Wildman–Crippen LogP) is 0.295. The monoisotopic (exact) mass is 228 g/mol. The van der Waals surface area contributed by atoms with Gasteiger partial charge in [-0.05, 0) is 32.6 Å². The van der Waals surface area contributed by atoms with Crippen molar-refractivity contribution in [3.05, 3.63) is 0 Å². The largest absolute Gasteiger partial charge is 0.481 e. The van der Waals surface area contributed by atoms with Crippen molar-refractivity contribution in [1.82, 2.24) is 4.90 Å². The van der Waals surface area contributed by atoms with Crippen LogP contribution in [0.15, 0.2) is 0 Å². The fraction of sp³-hybridized carbons (Fsp3) is 0.818. The van der Waals surface area contributed by atoms with Gasteiger partial charge in [0.2, 0.25) is 5.91 Å². The van der Waals surface area contributed by atoms with E-state index in [4.69, 9.17) is 10.8 Å². The van der Waals surface area contributed by atoms with Crippen LogP contribution in [0.2, 0.25) is 0 Å². The Balaban J connectivity index is 2.70. The summed E-state index contributed by atoms with van der Waals surface area (Å²) < 4.78 is 0. The number of hydrogen-bond donors (Lipinski definition) is 2. The Kier molecular flexibility index (Phi) is 3.91. The number of nitrogens with zero attached hydrogens (tertiary/aromatic N) is 1. The second-order valence-electron chi connectivity index (χ2n) is 4.91. The molecule has 0 radical (unpaired) electrons. The number of rotatable bonds is 3. The first kappa shape index (κ1) is 13.0. The van der Waals surface area contributed by atoms with Gasteiger partial charge in [-0.25, -0.2) is 0 Å². The quantitative estimate of drug-likeness (QED) is 0.727. The van der Waals surface area contributed by atoms with Gasteiger partial charge in [0.25, 0.3) is 0 Å². The van der Waals surface area contributed by atoms with Crippen LogP contribution < -0.4 is 5.73 Å². The van der Waals surface area contributed by atoms with E-state index >= 15 is 0 Å². The van der Waals surface area contributed by atoms with Gasteiger partial charge in [0.05, 0.1) is 12.0 Å². The molecule has 1 atom stereocenters. The summed E-state index contributed by atoms with van der Waals surface area (Å²) in [5, 5.41) is 9.15. The molecule has 1 amide bonds. The number of nitrogens with two attached hydrogens (primary N) is 1. The van der Waals surface area contributed by atoms with E-state index in [2.05, 4.69) is 0 Å². The normalized spacial score (nSPS) is 21.9. The van der Waals surface area contributed by atoms with Crippen LogP contribution in [0.1, 0.15) is 26.7 Å². The third kappa shape index (κ3) is 2.52. The van der Waals surface area contributed by atoms with Gasteiger partial charge >= 0.3 is 5.97 Å². The number of carbonyl (C=O) groups is 2. The molecule has 1 aliphatic heterocycles. The lowest BCUT2D eigenvalue weighted by Crippen LogP contribution is -2.48. The molecule has 0 aromatic carbocycles. The molecule has 92 valence electrons. The average molecular weight is 228 g/mol. The van der Waals surface area contributed by atoms with Crippen molar-refractivity contribution in [2.75, 3.05) is 19.6 Å². The van der Waals surface area contributed by atoms with Crippen LogP contribution in [0.3, 0.4) is 0 Å². The summed E-state index contributed by atoms with van der Waals surface area (Å²) in [5.41, 5.74) is 4.53. The first-order valence-corrected chi connectivity index (χ1v) is 5.60. The number of carboxylic acid groups (broad SMARTS) is 1. The lowest BCUT2D eigenvalue weighted by atomic mass is 9.74. The van der Waals surface area contributed by atoms with E-state index in [0.29, 0.717) is 13.1 Å². The van der Waals surface area contributed by atoms with Crippen molar-refractivity contribution in [1.29, 1.82) is 0 Å². The summed E-state index contributed by atoms with van der Waals surface area (Å²) in [4.78, 5) is 24.3. The molecule has 0 aromatic rings. The zero-order valence-electron chi connectivity index (χ0n) is 9.90. The molecular weight excluding hydrogens is 208 g/mol. The van der Waals surface area contributed by atoms with E-state index in [0.717, 1.165) is 12.8 Å². The van der Waals surface area contributed by atoms with Crippen LogP contribution in [0.5, 0.6) is 0 Å². The first-order valence-electron chi connectivity index (χ1n) is 5.60. The maximum atomic E-state index is 11.5. The highest BCUT2D eigenvalue weighted by molar-refractivity contribution is 5.78. The Bertz CT molecular complexity index is 289. The van der Waals surface area contributed by atoms with Gasteiger partial charge in [0.1, 0.15) is 0 Å². The maximum absolute atomic E-state index is 11.5. The van der Waals surface area contributed by atoms with E-state index in [-0.39, 0.29) is 18.4 Å². The number of hydrogen-bond acceptors (Lipinski definition) is 3. The molecule has 0 saturated carbocycles. The molecule has 1 rings (SSSR count). The molecule has 0 aliphatic carbocycles. The molecule has 1 aliphatic rings. The SMILES string of the molecule is CC(C)(C(=O)O)C1CCCN(C(=O)CN)C1. The minimum absolute atomic E-state index is 0.000218. The zero-order valence-corrected chi connectivity index (χ0v) is 9.90. The summed E-state index contributed by atoms with van der Waals surface area (Å²) in [6.07, 6.45) is 1.71. The smallest absolute Gasteiger partial charge is 0.309 e. The van der Waals surface area contributed by atoms with Gasteiger partial charge < -0.3 is 15.7 Å². The fourth-order valence-corrected chi connectivity index (χ4v) is 2.10. The Labute approximate surface area is 95.6 Å². The molecule has 0 bridgehead atoms. The van der Waals surface area contributed by atoms with E-state index in [1.165, 1.54) is 0 Å². The van der Waals surface area contributed by atoms with Crippen molar-refractivity contribution in [2.45, 2.75) is 26.7 Å². The van der Waals surface area contributed by atoms with Crippen LogP contribution in [0.25, 0.3) is 0 Å². The second-order valence-corrected chi connectivity index (χ2v) is 4.91. The Hall–Kier alpha value is -1.10. The van der Waals surface area contributed by atoms with E-state index in [1.54, 1.807) is 18.7 Å². The summed E-state index contributed by atoms with van der Waals surface area (Å²) in [6, 6.07) is 0. The van der Waals surface area contributed by atoms with Crippen LogP contribution in [-0.4, -0.2) is 41.5 Å². The molecule has 1 heterocycles. The maximum Gasteiger partial charge on any atom is 0.309 e. The van der Waals surface area contributed by atoms with E-state index in [9.17, 15) is 9.59 Å². The minimum atomic E-state index is -0.806. The topological polar surface area (TPSA) is 83.6 Å². The summed E-state index contributed by atoms with van der Waals surface area (Å²) in [7, 11) is 0. The highest BCUT2D eigenvalue weighted by atomic mass is 16.4. The number of amides is 1. The number of carbonyl (C=O) groups excluding carboxylic acids is 1. The van der Waals surface area contributed by atoms with Crippen molar-refractivity contribution in [2.24, 2.45) is 17.1 Å². The van der Waals surface area contributed by atoms with Gasteiger partial charge in [-0.15, -0.1) is 0 Å². The molecule has 16 heavy (non-hydrogen) atoms. The Morgan fingerprint density at radius 1 is 1.50 bits per heavy atom. The summed E-state index contributed by atoms with van der Waals surface area (Å²) in [5.74, 6) is -0.889. The van der Waals surface area contributed by atoms with Gasteiger partial charge in [0.15, 0.2) is 0 Å². The van der Waals surface area contributed by atoms with Gasteiger partial charge in [-0.1, -0.05) is 0 Å². The molecule has 1 fully saturated rings. The van der Waals surface area contributed by atoms with Crippen LogP contribution in [0.4, 0.5) is 0 Å². The van der Waals surface area contributed by atoms with Crippen molar-refractivity contribution in [3.63, 3.8) is 0 Å². The molecule has 5 heteroatoms. The first-order chi connectivity index (χ1) is 7.39. The molecular formula is C11H20N2O3. The van der Waals surface area contributed by atoms with Crippen LogP contribution in [-0.2, 0) is 9.59 Å². The Morgan fingerprint density at radius 2 is 2.12 bits per heavy atom. The molecule has 0 spiro atoms. The standard InChI is InChI=1S/C11H20N2O3/c1-11(2,10(15)16)8-4-3-5-13(7-8)9(14)6-12/h8H,3-7,12H2,1-2H3,(H,15,16). The second kappa shape index (κ2) is 4.82. The number of piperidine rings is 1. The van der Waals surface area contributed by atoms with Crippen molar-refractivity contribution < 1.29 is 14.7 Å². The number of likely N-dealkylation sites (tertiary alicyclic amines) is 1. The van der Waals surface area contributed by atoms with Gasteiger partial charge in [0, 0.05) is 13.1 Å². The highest BCUT2D eigenvalue weighted by Gasteiger charge is 2.39. The lowest BCUT2D eigenvalue weighted by molar-refractivity contribution is -0.153. The van der Waals surface area contributed by atoms with Crippen LogP contribution in [0, 0.1) is 11.3 Å². The number of aliphatic carboxylic acids is 1. The Morgan fingerprint density at radius 3 is 2.62 bits per heavy atom. The van der Waals surface area contributed by atoms with Crippen molar-refractivity contribution >= 4 is 11.9 Å². The molecule has 0 aromatic heterocycles. The molecule has 3 N–H and O–H groups in total. The number of carboxylic acids is 1. The fourth-order valence-electron chi connectivity index (χ4n) is 2.10. The third-order valence-corrected chi connectivity index (χ3v) is 3.52. The highest BCUT2D eigenvalue weighted by Crippen LogP contribution is 2.34. The summed E-state index contributed by atoms with van der Waals surface area (Å²) in [6.45, 7) is 4.64. The molecule has 1 unspecified atom stereocenters. The van der Waals surface area contributed by atoms with Gasteiger partial charge in [-0.3, -0.25) is 9.59 Å². The van der Waals surface area contributed by atoms with E-state index in [1.807, 2.05) is 0 Å². The van der Waals surface area contributed by atoms with Crippen LogP contribution >= 0.6 is 0 Å². The average Bonchev–Trinajstić information content (AvgIpc) is 2.28. The lowest BCUT2D eigenvalue weighted by Gasteiger charge is -2.39. The molecule has 1 saturated heterocycles.